The van der Waals surface area contributed by atoms with Gasteiger partial charge in [0.1, 0.15) is 0 Å². The molecule has 0 bridgehead atoms. The number of nitrogens with zero attached hydrogens (tertiary/aromatic N) is 2. The second-order valence-electron chi connectivity index (χ2n) is 4.40. The first-order chi connectivity index (χ1) is 7.81. The van der Waals surface area contributed by atoms with Crippen LogP contribution in [0.1, 0.15) is 44.3 Å². The average Bonchev–Trinajstić information content (AvgIpc) is 2.78. The molecule has 2 atom stereocenters. The summed E-state index contributed by atoms with van der Waals surface area (Å²) in [6, 6.07) is 2.06. The average molecular weight is 223 g/mol. The summed E-state index contributed by atoms with van der Waals surface area (Å²) in [6.07, 6.45) is 6.67. The molecule has 2 N–H and O–H groups in total. The van der Waals surface area contributed by atoms with Gasteiger partial charge in [-0.2, -0.15) is 5.10 Å². The fourth-order valence-electron chi connectivity index (χ4n) is 2.32. The minimum Gasteiger partial charge on any atom is -0.378 e. The van der Waals surface area contributed by atoms with Crippen molar-refractivity contribution in [2.45, 2.75) is 51.3 Å². The maximum absolute atomic E-state index is 6.21. The SMILES string of the molecule is CCn1nccc1C(N)CC1CCCCO1. The zero-order valence-corrected chi connectivity index (χ0v) is 9.93. The quantitative estimate of drug-likeness (QED) is 0.847. The summed E-state index contributed by atoms with van der Waals surface area (Å²) < 4.78 is 7.68. The third kappa shape index (κ3) is 2.62. The van der Waals surface area contributed by atoms with Crippen LogP contribution < -0.4 is 5.73 Å². The van der Waals surface area contributed by atoms with E-state index in [4.69, 9.17) is 10.5 Å². The molecule has 4 nitrogen and oxygen atoms in total. The molecule has 1 aromatic heterocycles. The van der Waals surface area contributed by atoms with Crippen LogP contribution in [0.2, 0.25) is 0 Å². The van der Waals surface area contributed by atoms with E-state index < -0.39 is 0 Å². The Morgan fingerprint density at radius 3 is 3.19 bits per heavy atom. The number of aryl methyl sites for hydroxylation is 1. The van der Waals surface area contributed by atoms with Crippen LogP contribution in [0.5, 0.6) is 0 Å². The van der Waals surface area contributed by atoms with Gasteiger partial charge in [0.05, 0.1) is 11.8 Å². The van der Waals surface area contributed by atoms with Gasteiger partial charge in [-0.1, -0.05) is 0 Å². The van der Waals surface area contributed by atoms with Crippen molar-refractivity contribution in [1.82, 2.24) is 9.78 Å². The van der Waals surface area contributed by atoms with Crippen molar-refractivity contribution >= 4 is 0 Å². The van der Waals surface area contributed by atoms with Crippen molar-refractivity contribution in [2.75, 3.05) is 6.61 Å². The molecule has 2 unspecified atom stereocenters. The number of hydrogen-bond donors (Lipinski definition) is 1. The molecule has 1 saturated heterocycles. The van der Waals surface area contributed by atoms with Crippen LogP contribution in [0, 0.1) is 0 Å². The van der Waals surface area contributed by atoms with Crippen LogP contribution >= 0.6 is 0 Å². The van der Waals surface area contributed by atoms with Gasteiger partial charge in [0.15, 0.2) is 0 Å². The Morgan fingerprint density at radius 1 is 1.62 bits per heavy atom. The van der Waals surface area contributed by atoms with Crippen LogP contribution in [-0.2, 0) is 11.3 Å². The van der Waals surface area contributed by atoms with Gasteiger partial charge < -0.3 is 10.5 Å². The molecule has 0 aromatic carbocycles. The third-order valence-corrected chi connectivity index (χ3v) is 3.22. The van der Waals surface area contributed by atoms with Crippen molar-refractivity contribution in [3.8, 4) is 0 Å². The third-order valence-electron chi connectivity index (χ3n) is 3.22. The van der Waals surface area contributed by atoms with Gasteiger partial charge in [-0.25, -0.2) is 0 Å². The highest BCUT2D eigenvalue weighted by Crippen LogP contribution is 2.22. The Bertz CT molecular complexity index is 318. The Morgan fingerprint density at radius 2 is 2.50 bits per heavy atom. The molecule has 90 valence electrons. The van der Waals surface area contributed by atoms with E-state index in [-0.39, 0.29) is 6.04 Å². The highest BCUT2D eigenvalue weighted by atomic mass is 16.5. The molecular weight excluding hydrogens is 202 g/mol. The van der Waals surface area contributed by atoms with E-state index in [1.54, 1.807) is 0 Å². The molecule has 2 rings (SSSR count). The lowest BCUT2D eigenvalue weighted by Gasteiger charge is -2.25. The van der Waals surface area contributed by atoms with Crippen LogP contribution in [0.15, 0.2) is 12.3 Å². The summed E-state index contributed by atoms with van der Waals surface area (Å²) in [5, 5.41) is 4.24. The first-order valence-corrected chi connectivity index (χ1v) is 6.20. The summed E-state index contributed by atoms with van der Waals surface area (Å²) in [4.78, 5) is 0. The van der Waals surface area contributed by atoms with Gasteiger partial charge >= 0.3 is 0 Å². The van der Waals surface area contributed by atoms with Gasteiger partial charge in [-0.3, -0.25) is 4.68 Å². The molecular formula is C12H21N3O. The summed E-state index contributed by atoms with van der Waals surface area (Å²) in [6.45, 7) is 3.85. The molecule has 1 aromatic rings. The molecule has 2 heterocycles. The van der Waals surface area contributed by atoms with Crippen molar-refractivity contribution in [2.24, 2.45) is 5.73 Å². The summed E-state index contributed by atoms with van der Waals surface area (Å²) in [5.41, 5.74) is 7.33. The normalized spacial score (nSPS) is 23.2. The highest BCUT2D eigenvalue weighted by Gasteiger charge is 2.20. The molecule has 0 amide bonds. The second kappa shape index (κ2) is 5.46. The second-order valence-corrected chi connectivity index (χ2v) is 4.40. The largest absolute Gasteiger partial charge is 0.378 e. The molecule has 0 radical (unpaired) electrons. The van der Waals surface area contributed by atoms with Crippen LogP contribution in [0.4, 0.5) is 0 Å². The predicted molar refractivity (Wildman–Crippen MR) is 63.0 cm³/mol. The number of hydrogen-bond acceptors (Lipinski definition) is 3. The van der Waals surface area contributed by atoms with Crippen LogP contribution in [0.3, 0.4) is 0 Å². The molecule has 0 aliphatic carbocycles. The fraction of sp³-hybridized carbons (Fsp3) is 0.750. The van der Waals surface area contributed by atoms with E-state index in [9.17, 15) is 0 Å². The van der Waals surface area contributed by atoms with Gasteiger partial charge in [-0.15, -0.1) is 0 Å². The molecule has 16 heavy (non-hydrogen) atoms. The first kappa shape index (κ1) is 11.6. The highest BCUT2D eigenvalue weighted by molar-refractivity contribution is 5.06. The van der Waals surface area contributed by atoms with Crippen molar-refractivity contribution in [3.63, 3.8) is 0 Å². The van der Waals surface area contributed by atoms with Crippen molar-refractivity contribution in [1.29, 1.82) is 0 Å². The van der Waals surface area contributed by atoms with E-state index in [2.05, 4.69) is 12.0 Å². The summed E-state index contributed by atoms with van der Waals surface area (Å²) in [7, 11) is 0. The van der Waals surface area contributed by atoms with Gasteiger partial charge in [0, 0.05) is 25.4 Å². The van der Waals surface area contributed by atoms with Crippen molar-refractivity contribution < 1.29 is 4.74 Å². The minimum atomic E-state index is 0.0468. The van der Waals surface area contributed by atoms with Crippen LogP contribution in [-0.4, -0.2) is 22.5 Å². The van der Waals surface area contributed by atoms with E-state index >= 15 is 0 Å². The van der Waals surface area contributed by atoms with E-state index in [1.165, 1.54) is 12.8 Å². The standard InChI is InChI=1S/C12H21N3O/c1-2-15-12(6-7-14-15)11(13)9-10-5-3-4-8-16-10/h6-7,10-11H,2-5,8-9,13H2,1H3. The molecule has 4 heteroatoms. The van der Waals surface area contributed by atoms with Gasteiger partial charge in [-0.05, 0) is 38.7 Å². The number of ether oxygens (including phenoxy) is 1. The molecule has 1 fully saturated rings. The zero-order valence-electron chi connectivity index (χ0n) is 9.93. The Hall–Kier alpha value is -0.870. The van der Waals surface area contributed by atoms with E-state index in [1.807, 2.05) is 16.9 Å². The maximum atomic E-state index is 6.21. The molecule has 1 aliphatic rings. The topological polar surface area (TPSA) is 53.1 Å². The maximum Gasteiger partial charge on any atom is 0.0593 e. The predicted octanol–water partition coefficient (Wildman–Crippen LogP) is 1.86. The van der Waals surface area contributed by atoms with E-state index in [0.717, 1.165) is 31.7 Å². The smallest absolute Gasteiger partial charge is 0.0593 e. The Kier molecular flexibility index (Phi) is 3.96. The lowest BCUT2D eigenvalue weighted by molar-refractivity contribution is 0.00687. The number of aromatic nitrogens is 2. The zero-order chi connectivity index (χ0) is 11.4. The van der Waals surface area contributed by atoms with Gasteiger partial charge in [0.25, 0.3) is 0 Å². The number of nitrogens with two attached hydrogens (primary N) is 1. The lowest BCUT2D eigenvalue weighted by Crippen LogP contribution is -2.26. The Balaban J connectivity index is 1.93. The fourth-order valence-corrected chi connectivity index (χ4v) is 2.32. The Labute approximate surface area is 96.8 Å². The molecule has 0 spiro atoms. The summed E-state index contributed by atoms with van der Waals surface area (Å²) >= 11 is 0. The molecule has 1 aliphatic heterocycles. The first-order valence-electron chi connectivity index (χ1n) is 6.20. The number of rotatable bonds is 4. The molecule has 0 saturated carbocycles. The van der Waals surface area contributed by atoms with E-state index in [0.29, 0.717) is 6.10 Å². The minimum absolute atomic E-state index is 0.0468. The monoisotopic (exact) mass is 223 g/mol. The van der Waals surface area contributed by atoms with Crippen LogP contribution in [0.25, 0.3) is 0 Å². The van der Waals surface area contributed by atoms with Gasteiger partial charge in [0.2, 0.25) is 0 Å². The lowest BCUT2D eigenvalue weighted by atomic mass is 10.0. The van der Waals surface area contributed by atoms with Crippen molar-refractivity contribution in [3.05, 3.63) is 18.0 Å². The summed E-state index contributed by atoms with van der Waals surface area (Å²) in [5.74, 6) is 0.